The van der Waals surface area contributed by atoms with Crippen LogP contribution in [0.4, 0.5) is 11.5 Å². The molecule has 0 saturated carbocycles. The van der Waals surface area contributed by atoms with E-state index in [1.54, 1.807) is 6.07 Å². The molecule has 1 aromatic heterocycles. The van der Waals surface area contributed by atoms with Crippen LogP contribution in [0.1, 0.15) is 22.8 Å². The van der Waals surface area contributed by atoms with Crippen molar-refractivity contribution in [3.8, 4) is 0 Å². The van der Waals surface area contributed by atoms with Crippen LogP contribution in [-0.2, 0) is 4.79 Å². The molecule has 2 N–H and O–H groups in total. The Kier molecular flexibility index (Phi) is 4.70. The van der Waals surface area contributed by atoms with Gasteiger partial charge in [0.15, 0.2) is 0 Å². The molecule has 2 aromatic rings. The minimum Gasteiger partial charge on any atom is -0.321 e. The maximum Gasteiger partial charge on any atom is 0.255 e. The first-order valence-electron chi connectivity index (χ1n) is 6.27. The van der Waals surface area contributed by atoms with Crippen LogP contribution in [0, 0.1) is 6.92 Å². The highest BCUT2D eigenvalue weighted by molar-refractivity contribution is 9.10. The summed E-state index contributed by atoms with van der Waals surface area (Å²) < 4.78 is 0.812. The molecule has 0 spiro atoms. The smallest absolute Gasteiger partial charge is 0.255 e. The topological polar surface area (TPSA) is 71.1 Å². The van der Waals surface area contributed by atoms with E-state index >= 15 is 0 Å². The van der Waals surface area contributed by atoms with Crippen molar-refractivity contribution >= 4 is 39.2 Å². The van der Waals surface area contributed by atoms with Gasteiger partial charge < -0.3 is 10.6 Å². The summed E-state index contributed by atoms with van der Waals surface area (Å²) in [5.41, 5.74) is 2.20. The van der Waals surface area contributed by atoms with Crippen LogP contribution in [0.3, 0.4) is 0 Å². The lowest BCUT2D eigenvalue weighted by atomic mass is 10.2. The lowest BCUT2D eigenvalue weighted by Crippen LogP contribution is -2.14. The number of anilines is 2. The molecule has 6 heteroatoms. The van der Waals surface area contributed by atoms with E-state index in [2.05, 4.69) is 31.5 Å². The van der Waals surface area contributed by atoms with Crippen LogP contribution < -0.4 is 10.6 Å². The molecule has 0 bridgehead atoms. The van der Waals surface area contributed by atoms with E-state index in [-0.39, 0.29) is 11.8 Å². The van der Waals surface area contributed by atoms with Crippen molar-refractivity contribution in [3.05, 3.63) is 52.1 Å². The number of hydrogen-bond acceptors (Lipinski definition) is 3. The molecule has 2 rings (SSSR count). The number of amides is 2. The van der Waals surface area contributed by atoms with E-state index in [9.17, 15) is 9.59 Å². The molecule has 108 valence electrons. The molecule has 0 aliphatic heterocycles. The number of rotatable bonds is 3. The number of carbonyl (C=O) groups is 2. The zero-order valence-electron chi connectivity index (χ0n) is 11.6. The van der Waals surface area contributed by atoms with Gasteiger partial charge in [0.25, 0.3) is 5.91 Å². The fourth-order valence-electron chi connectivity index (χ4n) is 1.74. The predicted molar refractivity (Wildman–Crippen MR) is 85.4 cm³/mol. The van der Waals surface area contributed by atoms with Gasteiger partial charge in [-0.05, 0) is 52.7 Å². The number of hydrogen-bond donors (Lipinski definition) is 2. The van der Waals surface area contributed by atoms with Gasteiger partial charge in [-0.15, -0.1) is 0 Å². The Bertz CT molecular complexity index is 701. The molecule has 21 heavy (non-hydrogen) atoms. The maximum absolute atomic E-state index is 12.2. The molecule has 1 aromatic carbocycles. The molecule has 1 heterocycles. The second kappa shape index (κ2) is 6.49. The average molecular weight is 348 g/mol. The zero-order valence-corrected chi connectivity index (χ0v) is 13.2. The number of nitrogens with one attached hydrogen (secondary N) is 2. The van der Waals surface area contributed by atoms with E-state index in [1.807, 2.05) is 25.1 Å². The summed E-state index contributed by atoms with van der Waals surface area (Å²) in [5, 5.41) is 5.35. The first-order valence-corrected chi connectivity index (χ1v) is 7.06. The largest absolute Gasteiger partial charge is 0.321 e. The number of pyridine rings is 1. The number of benzene rings is 1. The Labute approximate surface area is 130 Å². The molecular formula is C15H14BrN3O2. The number of aromatic nitrogens is 1. The van der Waals surface area contributed by atoms with E-state index in [4.69, 9.17) is 0 Å². The first kappa shape index (κ1) is 15.2. The van der Waals surface area contributed by atoms with Gasteiger partial charge in [-0.1, -0.05) is 6.07 Å². The summed E-state index contributed by atoms with van der Waals surface area (Å²) in [6.07, 6.45) is 1.48. The predicted octanol–water partition coefficient (Wildman–Crippen LogP) is 3.36. The van der Waals surface area contributed by atoms with Crippen LogP contribution in [-0.4, -0.2) is 16.8 Å². The fourth-order valence-corrected chi connectivity index (χ4v) is 2.33. The van der Waals surface area contributed by atoms with Crippen molar-refractivity contribution in [1.82, 2.24) is 4.98 Å². The lowest BCUT2D eigenvalue weighted by Gasteiger charge is -2.09. The molecule has 5 nitrogen and oxygen atoms in total. The van der Waals surface area contributed by atoms with Crippen molar-refractivity contribution in [2.75, 3.05) is 10.6 Å². The minimum absolute atomic E-state index is 0.235. The molecule has 0 aliphatic rings. The van der Waals surface area contributed by atoms with Crippen molar-refractivity contribution in [3.63, 3.8) is 0 Å². The van der Waals surface area contributed by atoms with E-state index < -0.39 is 0 Å². The van der Waals surface area contributed by atoms with Crippen molar-refractivity contribution in [2.45, 2.75) is 13.8 Å². The van der Waals surface area contributed by atoms with Crippen molar-refractivity contribution in [1.29, 1.82) is 0 Å². The van der Waals surface area contributed by atoms with Gasteiger partial charge in [0.1, 0.15) is 5.82 Å². The van der Waals surface area contributed by atoms with Crippen molar-refractivity contribution in [2.24, 2.45) is 0 Å². The first-order chi connectivity index (χ1) is 9.95. The number of carbonyl (C=O) groups excluding carboxylic acids is 2. The molecule has 0 unspecified atom stereocenters. The van der Waals surface area contributed by atoms with Gasteiger partial charge in [-0.2, -0.15) is 0 Å². The van der Waals surface area contributed by atoms with Crippen LogP contribution in [0.15, 0.2) is 41.0 Å². The molecule has 0 radical (unpaired) electrons. The maximum atomic E-state index is 12.2. The number of halogens is 1. The van der Waals surface area contributed by atoms with Gasteiger partial charge >= 0.3 is 0 Å². The van der Waals surface area contributed by atoms with Crippen LogP contribution in [0.25, 0.3) is 0 Å². The van der Waals surface area contributed by atoms with Gasteiger partial charge in [-0.25, -0.2) is 4.98 Å². The normalized spacial score (nSPS) is 10.0. The van der Waals surface area contributed by atoms with E-state index in [0.29, 0.717) is 17.1 Å². The second-order valence-corrected chi connectivity index (χ2v) is 5.40. The lowest BCUT2D eigenvalue weighted by molar-refractivity contribution is -0.114. The summed E-state index contributed by atoms with van der Waals surface area (Å²) in [6, 6.07) is 8.77. The van der Waals surface area contributed by atoms with Gasteiger partial charge in [-0.3, -0.25) is 9.59 Å². The summed E-state index contributed by atoms with van der Waals surface area (Å²) in [7, 11) is 0. The Morgan fingerprint density at radius 1 is 1.14 bits per heavy atom. The third-order valence-electron chi connectivity index (χ3n) is 2.70. The second-order valence-electron chi connectivity index (χ2n) is 4.55. The standard InChI is InChI=1S/C15H14BrN3O2/c1-9-3-4-13(12(16)7-9)19-15(21)11-5-6-17-14(8-11)18-10(2)20/h3-8H,1-2H3,(H,19,21)(H,17,18,20). The highest BCUT2D eigenvalue weighted by atomic mass is 79.9. The van der Waals surface area contributed by atoms with Gasteiger partial charge in [0, 0.05) is 23.2 Å². The summed E-state index contributed by atoms with van der Waals surface area (Å²) in [4.78, 5) is 27.2. The van der Waals surface area contributed by atoms with Crippen LogP contribution in [0.5, 0.6) is 0 Å². The summed E-state index contributed by atoms with van der Waals surface area (Å²) >= 11 is 3.41. The fraction of sp³-hybridized carbons (Fsp3) is 0.133. The summed E-state index contributed by atoms with van der Waals surface area (Å²) in [5.74, 6) is -0.159. The van der Waals surface area contributed by atoms with E-state index in [1.165, 1.54) is 19.2 Å². The zero-order chi connectivity index (χ0) is 15.4. The highest BCUT2D eigenvalue weighted by Crippen LogP contribution is 2.24. The quantitative estimate of drug-likeness (QED) is 0.894. The van der Waals surface area contributed by atoms with Crippen molar-refractivity contribution < 1.29 is 9.59 Å². The van der Waals surface area contributed by atoms with Crippen LogP contribution in [0.2, 0.25) is 0 Å². The monoisotopic (exact) mass is 347 g/mol. The number of nitrogens with zero attached hydrogens (tertiary/aromatic N) is 1. The highest BCUT2D eigenvalue weighted by Gasteiger charge is 2.10. The van der Waals surface area contributed by atoms with Gasteiger partial charge in [0.2, 0.25) is 5.91 Å². The molecule has 0 saturated heterocycles. The minimum atomic E-state index is -0.270. The SMILES string of the molecule is CC(=O)Nc1cc(C(=O)Nc2ccc(C)cc2Br)ccn1. The van der Waals surface area contributed by atoms with Crippen LogP contribution >= 0.6 is 15.9 Å². The third-order valence-corrected chi connectivity index (χ3v) is 3.36. The average Bonchev–Trinajstić information content (AvgIpc) is 2.41. The molecule has 2 amide bonds. The molecular weight excluding hydrogens is 334 g/mol. The third kappa shape index (κ3) is 4.13. The molecule has 0 atom stereocenters. The Hall–Kier alpha value is -2.21. The molecule has 0 aliphatic carbocycles. The Balaban J connectivity index is 2.18. The summed E-state index contributed by atoms with van der Waals surface area (Å²) in [6.45, 7) is 3.36. The number of aryl methyl sites for hydroxylation is 1. The van der Waals surface area contributed by atoms with Gasteiger partial charge in [0.05, 0.1) is 5.69 Å². The Morgan fingerprint density at radius 2 is 1.90 bits per heavy atom. The van der Waals surface area contributed by atoms with E-state index in [0.717, 1.165) is 10.0 Å². The molecule has 0 fully saturated rings. The Morgan fingerprint density at radius 3 is 2.57 bits per heavy atom.